The van der Waals surface area contributed by atoms with E-state index >= 15 is 0 Å². The number of hydrogen-bond acceptors (Lipinski definition) is 3. The minimum absolute atomic E-state index is 0.119. The Labute approximate surface area is 145 Å². The number of benzene rings is 1. The molecule has 0 saturated carbocycles. The summed E-state index contributed by atoms with van der Waals surface area (Å²) in [6.45, 7) is 4.16. The van der Waals surface area contributed by atoms with Gasteiger partial charge in [0.05, 0.1) is 0 Å². The van der Waals surface area contributed by atoms with Gasteiger partial charge in [-0.05, 0) is 37.0 Å². The van der Waals surface area contributed by atoms with Crippen LogP contribution in [0.5, 0.6) is 0 Å². The molecule has 1 aliphatic rings. The Morgan fingerprint density at radius 2 is 2.12 bits per heavy atom. The van der Waals surface area contributed by atoms with Gasteiger partial charge < -0.3 is 15.3 Å². The molecule has 1 fully saturated rings. The van der Waals surface area contributed by atoms with Crippen LogP contribution >= 0.6 is 11.6 Å². The van der Waals surface area contributed by atoms with E-state index in [4.69, 9.17) is 11.6 Å². The fourth-order valence-corrected chi connectivity index (χ4v) is 2.97. The Hall–Kier alpha value is -2.08. The number of carbonyl (C=O) groups is 3. The van der Waals surface area contributed by atoms with E-state index in [1.807, 2.05) is 13.8 Å². The summed E-state index contributed by atoms with van der Waals surface area (Å²) < 4.78 is 0. The number of carboxylic acids is 1. The summed E-state index contributed by atoms with van der Waals surface area (Å²) in [5, 5.41) is 12.2. The number of halogens is 1. The Morgan fingerprint density at radius 3 is 2.71 bits per heavy atom. The third kappa shape index (κ3) is 4.26. The molecule has 2 rings (SSSR count). The van der Waals surface area contributed by atoms with Gasteiger partial charge >= 0.3 is 5.97 Å². The van der Waals surface area contributed by atoms with Crippen LogP contribution in [0.1, 0.15) is 26.7 Å². The van der Waals surface area contributed by atoms with E-state index in [9.17, 15) is 19.5 Å². The fourth-order valence-electron chi connectivity index (χ4n) is 2.79. The van der Waals surface area contributed by atoms with Crippen LogP contribution in [0.25, 0.3) is 0 Å². The van der Waals surface area contributed by atoms with Crippen molar-refractivity contribution in [2.24, 2.45) is 11.8 Å². The van der Waals surface area contributed by atoms with Crippen molar-refractivity contribution in [3.63, 3.8) is 0 Å². The van der Waals surface area contributed by atoms with Crippen molar-refractivity contribution in [3.8, 4) is 0 Å². The lowest BCUT2D eigenvalue weighted by atomic mass is 10.0. The number of nitrogens with one attached hydrogen (secondary N) is 1. The highest BCUT2D eigenvalue weighted by atomic mass is 35.5. The number of hydrogen-bond donors (Lipinski definition) is 2. The van der Waals surface area contributed by atoms with Gasteiger partial charge in [0.1, 0.15) is 12.0 Å². The molecular weight excluding hydrogens is 332 g/mol. The first-order chi connectivity index (χ1) is 11.3. The van der Waals surface area contributed by atoms with E-state index in [1.54, 1.807) is 24.3 Å². The minimum Gasteiger partial charge on any atom is -0.480 e. The van der Waals surface area contributed by atoms with Crippen molar-refractivity contribution in [1.29, 1.82) is 0 Å². The van der Waals surface area contributed by atoms with E-state index in [2.05, 4.69) is 5.32 Å². The van der Waals surface area contributed by atoms with Crippen LogP contribution in [0.15, 0.2) is 24.3 Å². The van der Waals surface area contributed by atoms with Gasteiger partial charge in [0, 0.05) is 17.3 Å². The zero-order valence-corrected chi connectivity index (χ0v) is 14.4. The van der Waals surface area contributed by atoms with Gasteiger partial charge in [0.25, 0.3) is 0 Å². The van der Waals surface area contributed by atoms with Crippen LogP contribution < -0.4 is 10.2 Å². The number of amides is 2. The average Bonchev–Trinajstić information content (AvgIpc) is 2.87. The highest BCUT2D eigenvalue weighted by Crippen LogP contribution is 2.27. The molecule has 1 saturated heterocycles. The fraction of sp³-hybridized carbons (Fsp3) is 0.471. The predicted octanol–water partition coefficient (Wildman–Crippen LogP) is 2.31. The average molecular weight is 353 g/mol. The molecule has 1 aromatic rings. The van der Waals surface area contributed by atoms with Gasteiger partial charge in [0.2, 0.25) is 11.8 Å². The molecule has 130 valence electrons. The van der Waals surface area contributed by atoms with Crippen LogP contribution in [0.4, 0.5) is 5.69 Å². The number of aliphatic carboxylic acids is 1. The molecule has 0 bridgehead atoms. The number of nitrogens with zero attached hydrogens (tertiary/aromatic N) is 1. The van der Waals surface area contributed by atoms with Crippen LogP contribution in [0, 0.1) is 11.8 Å². The SMILES string of the molecule is CC(C)C[C@H](NC(=O)C1CCN(c2cccc(Cl)c2)C1=O)C(=O)O. The summed E-state index contributed by atoms with van der Waals surface area (Å²) >= 11 is 5.94. The maximum atomic E-state index is 12.5. The van der Waals surface area contributed by atoms with E-state index in [1.165, 1.54) is 4.90 Å². The topological polar surface area (TPSA) is 86.7 Å². The van der Waals surface area contributed by atoms with Crippen molar-refractivity contribution in [2.75, 3.05) is 11.4 Å². The molecule has 1 aliphatic heterocycles. The molecule has 24 heavy (non-hydrogen) atoms. The van der Waals surface area contributed by atoms with Crippen molar-refractivity contribution in [1.82, 2.24) is 5.32 Å². The first-order valence-corrected chi connectivity index (χ1v) is 8.27. The first kappa shape index (κ1) is 18.3. The van der Waals surface area contributed by atoms with Crippen LogP contribution in [-0.4, -0.2) is 35.5 Å². The standard InChI is InChI=1S/C17H21ClN2O4/c1-10(2)8-14(17(23)24)19-15(21)13-6-7-20(16(13)22)12-5-3-4-11(18)9-12/h3-5,9-10,13-14H,6-8H2,1-2H3,(H,19,21)(H,23,24)/t13?,14-/m0/s1. The van der Waals surface area contributed by atoms with Crippen molar-refractivity contribution in [2.45, 2.75) is 32.7 Å². The second kappa shape index (κ2) is 7.66. The summed E-state index contributed by atoms with van der Waals surface area (Å²) in [7, 11) is 0. The molecular formula is C17H21ClN2O4. The van der Waals surface area contributed by atoms with Gasteiger partial charge in [-0.2, -0.15) is 0 Å². The lowest BCUT2D eigenvalue weighted by Crippen LogP contribution is -2.46. The monoisotopic (exact) mass is 352 g/mol. The van der Waals surface area contributed by atoms with Crippen LogP contribution in [0.3, 0.4) is 0 Å². The molecule has 2 N–H and O–H groups in total. The minimum atomic E-state index is -1.09. The highest BCUT2D eigenvalue weighted by molar-refractivity contribution is 6.31. The maximum absolute atomic E-state index is 12.5. The van der Waals surface area contributed by atoms with E-state index in [0.29, 0.717) is 30.1 Å². The van der Waals surface area contributed by atoms with Gasteiger partial charge in [-0.3, -0.25) is 9.59 Å². The quantitative estimate of drug-likeness (QED) is 0.769. The summed E-state index contributed by atoms with van der Waals surface area (Å²) in [6, 6.07) is 5.88. The third-order valence-corrected chi connectivity index (χ3v) is 4.20. The Morgan fingerprint density at radius 1 is 1.42 bits per heavy atom. The molecule has 1 unspecified atom stereocenters. The Balaban J connectivity index is 2.06. The van der Waals surface area contributed by atoms with Gasteiger partial charge in [0.15, 0.2) is 0 Å². The number of carbonyl (C=O) groups excluding carboxylic acids is 2. The van der Waals surface area contributed by atoms with E-state index in [0.717, 1.165) is 0 Å². The Bertz CT molecular complexity index is 647. The molecule has 2 amide bonds. The van der Waals surface area contributed by atoms with E-state index in [-0.39, 0.29) is 11.8 Å². The van der Waals surface area contributed by atoms with Crippen LogP contribution in [-0.2, 0) is 14.4 Å². The molecule has 0 radical (unpaired) electrons. The molecule has 6 nitrogen and oxygen atoms in total. The third-order valence-electron chi connectivity index (χ3n) is 3.96. The van der Waals surface area contributed by atoms with Gasteiger partial charge in [-0.15, -0.1) is 0 Å². The zero-order valence-electron chi connectivity index (χ0n) is 13.7. The number of anilines is 1. The largest absolute Gasteiger partial charge is 0.480 e. The molecule has 1 heterocycles. The van der Waals surface area contributed by atoms with Crippen molar-refractivity contribution >= 4 is 35.1 Å². The first-order valence-electron chi connectivity index (χ1n) is 7.89. The number of rotatable bonds is 6. The van der Waals surface area contributed by atoms with Gasteiger partial charge in [-0.1, -0.05) is 31.5 Å². The summed E-state index contributed by atoms with van der Waals surface area (Å²) in [6.07, 6.45) is 0.672. The number of carboxylic acid groups (broad SMARTS) is 1. The maximum Gasteiger partial charge on any atom is 0.326 e. The normalized spacial score (nSPS) is 18.8. The zero-order chi connectivity index (χ0) is 17.9. The highest BCUT2D eigenvalue weighted by Gasteiger charge is 2.39. The molecule has 0 spiro atoms. The van der Waals surface area contributed by atoms with Crippen molar-refractivity contribution in [3.05, 3.63) is 29.3 Å². The van der Waals surface area contributed by atoms with Gasteiger partial charge in [-0.25, -0.2) is 4.79 Å². The lowest BCUT2D eigenvalue weighted by Gasteiger charge is -2.19. The second-order valence-corrected chi connectivity index (χ2v) is 6.78. The summed E-state index contributed by atoms with van der Waals surface area (Å²) in [4.78, 5) is 37.6. The molecule has 0 aliphatic carbocycles. The Kier molecular flexibility index (Phi) is 5.83. The van der Waals surface area contributed by atoms with Crippen LogP contribution in [0.2, 0.25) is 5.02 Å². The summed E-state index contributed by atoms with van der Waals surface area (Å²) in [5.74, 6) is -2.69. The van der Waals surface area contributed by atoms with E-state index < -0.39 is 23.8 Å². The summed E-state index contributed by atoms with van der Waals surface area (Å²) in [5.41, 5.74) is 0.639. The van der Waals surface area contributed by atoms with Crippen molar-refractivity contribution < 1.29 is 19.5 Å². The predicted molar refractivity (Wildman–Crippen MR) is 90.9 cm³/mol. The molecule has 0 aromatic heterocycles. The molecule has 1 aromatic carbocycles. The molecule has 7 heteroatoms. The smallest absolute Gasteiger partial charge is 0.326 e. The lowest BCUT2D eigenvalue weighted by molar-refractivity contribution is -0.144. The second-order valence-electron chi connectivity index (χ2n) is 6.34. The molecule has 2 atom stereocenters.